The summed E-state index contributed by atoms with van der Waals surface area (Å²) >= 11 is 0.245. The molecule has 2 unspecified atom stereocenters. The zero-order valence-corrected chi connectivity index (χ0v) is 11.8. The molecule has 1 heterocycles. The lowest BCUT2D eigenvalue weighted by molar-refractivity contribution is -0.137. The van der Waals surface area contributed by atoms with Crippen LogP contribution in [0.1, 0.15) is 30.9 Å². The third kappa shape index (κ3) is 4.52. The Bertz CT molecular complexity index is 465. The van der Waals surface area contributed by atoms with Crippen molar-refractivity contribution < 1.29 is 31.2 Å². The molecule has 0 N–H and O–H groups in total. The summed E-state index contributed by atoms with van der Waals surface area (Å²) < 4.78 is 71.7. The summed E-state index contributed by atoms with van der Waals surface area (Å²) in [5.74, 6) is 0. The van der Waals surface area contributed by atoms with Crippen LogP contribution in [-0.2, 0) is 19.8 Å². The number of halogens is 4. The zero-order valence-electron chi connectivity index (χ0n) is 10.1. The van der Waals surface area contributed by atoms with Gasteiger partial charge in [-0.3, -0.25) is 9.09 Å². The van der Waals surface area contributed by atoms with E-state index in [9.17, 15) is 22.1 Å². The first-order chi connectivity index (χ1) is 8.72. The Kier molecular flexibility index (Phi) is 5.49. The van der Waals surface area contributed by atoms with Gasteiger partial charge in [-0.2, -0.15) is 13.2 Å². The maximum absolute atomic E-state index is 13.6. The van der Waals surface area contributed by atoms with Gasteiger partial charge in [0, 0.05) is 11.5 Å². The molecule has 19 heavy (non-hydrogen) atoms. The van der Waals surface area contributed by atoms with Gasteiger partial charge in [0.2, 0.25) is 0 Å². The molecule has 0 aromatic carbocycles. The topological polar surface area (TPSA) is 48.4 Å². The average molecular weight is 321 g/mol. The molecule has 0 aliphatic carbocycles. The van der Waals surface area contributed by atoms with Crippen LogP contribution in [0.15, 0.2) is 5.38 Å². The first-order valence-electron chi connectivity index (χ1n) is 5.30. The molecule has 110 valence electrons. The summed E-state index contributed by atoms with van der Waals surface area (Å²) in [5, 5.41) is -0.309. The van der Waals surface area contributed by atoms with Crippen molar-refractivity contribution in [3.8, 4) is 0 Å². The van der Waals surface area contributed by atoms with E-state index >= 15 is 0 Å². The maximum Gasteiger partial charge on any atom is 0.443 e. The molecule has 0 spiro atoms. The highest BCUT2D eigenvalue weighted by atomic mass is 32.1. The SMILES string of the molecule is CCOP(=O)(CC)OC(F)c1csc(C(F)(F)F)n1. The molecule has 0 fully saturated rings. The summed E-state index contributed by atoms with van der Waals surface area (Å²) in [6.45, 7) is 3.05. The third-order valence-corrected chi connectivity index (χ3v) is 4.80. The smallest absolute Gasteiger partial charge is 0.309 e. The van der Waals surface area contributed by atoms with E-state index in [1.54, 1.807) is 6.92 Å². The fourth-order valence-corrected chi connectivity index (χ4v) is 2.97. The molecule has 2 atom stereocenters. The molecule has 10 heteroatoms. The highest BCUT2D eigenvalue weighted by Crippen LogP contribution is 2.52. The van der Waals surface area contributed by atoms with Gasteiger partial charge in [-0.25, -0.2) is 9.37 Å². The predicted octanol–water partition coefficient (Wildman–Crippen LogP) is 4.40. The summed E-state index contributed by atoms with van der Waals surface area (Å²) in [4.78, 5) is 3.08. The molecule has 0 saturated carbocycles. The van der Waals surface area contributed by atoms with Crippen molar-refractivity contribution >= 4 is 18.9 Å². The van der Waals surface area contributed by atoms with Gasteiger partial charge in [0.15, 0.2) is 5.01 Å². The molecule has 0 radical (unpaired) electrons. The average Bonchev–Trinajstić information content (AvgIpc) is 2.78. The van der Waals surface area contributed by atoms with E-state index in [1.807, 2.05) is 0 Å². The summed E-state index contributed by atoms with van der Waals surface area (Å²) in [7, 11) is -3.64. The fourth-order valence-electron chi connectivity index (χ4n) is 1.11. The summed E-state index contributed by atoms with van der Waals surface area (Å²) in [6, 6.07) is 0. The van der Waals surface area contributed by atoms with Gasteiger partial charge in [-0.15, -0.1) is 11.3 Å². The van der Waals surface area contributed by atoms with Gasteiger partial charge in [-0.05, 0) is 6.92 Å². The molecular formula is C9H12F4NO3PS. The van der Waals surface area contributed by atoms with Crippen molar-refractivity contribution in [1.29, 1.82) is 0 Å². The molecule has 1 aromatic rings. The number of thiazole rings is 1. The molecule has 0 amide bonds. The van der Waals surface area contributed by atoms with Crippen LogP contribution in [0, 0.1) is 0 Å². The molecule has 0 aliphatic rings. The monoisotopic (exact) mass is 321 g/mol. The minimum Gasteiger partial charge on any atom is -0.309 e. The number of rotatable bonds is 6. The molecule has 4 nitrogen and oxygen atoms in total. The normalized spacial score (nSPS) is 17.2. The van der Waals surface area contributed by atoms with Crippen LogP contribution >= 0.6 is 18.9 Å². The van der Waals surface area contributed by atoms with Crippen molar-refractivity contribution in [2.24, 2.45) is 0 Å². The van der Waals surface area contributed by atoms with E-state index in [1.165, 1.54) is 6.92 Å². The first kappa shape index (κ1) is 16.6. The lowest BCUT2D eigenvalue weighted by Crippen LogP contribution is -2.06. The second kappa shape index (κ2) is 6.30. The number of nitrogens with zero attached hydrogens (tertiary/aromatic N) is 1. The Morgan fingerprint density at radius 3 is 2.53 bits per heavy atom. The lowest BCUT2D eigenvalue weighted by Gasteiger charge is -2.17. The van der Waals surface area contributed by atoms with Gasteiger partial charge in [0.25, 0.3) is 6.36 Å². The van der Waals surface area contributed by atoms with Crippen molar-refractivity contribution in [3.63, 3.8) is 0 Å². The second-order valence-corrected chi connectivity index (χ2v) is 6.52. The largest absolute Gasteiger partial charge is 0.443 e. The van der Waals surface area contributed by atoms with E-state index in [0.717, 1.165) is 5.38 Å². The van der Waals surface area contributed by atoms with E-state index in [-0.39, 0.29) is 24.1 Å². The van der Waals surface area contributed by atoms with Crippen molar-refractivity contribution in [3.05, 3.63) is 16.1 Å². The minimum atomic E-state index is -4.64. The van der Waals surface area contributed by atoms with Gasteiger partial charge in [0.1, 0.15) is 5.69 Å². The molecule has 0 aliphatic heterocycles. The standard InChI is InChI=1S/C9H12F4NO3PS/c1-3-16-18(15,4-2)17-7(10)6-5-19-8(14-6)9(11,12)13/h5,7H,3-4H2,1-2H3. The Balaban J connectivity index is 2.81. The number of hydrogen-bond donors (Lipinski definition) is 0. The second-order valence-electron chi connectivity index (χ2n) is 3.34. The van der Waals surface area contributed by atoms with Gasteiger partial charge < -0.3 is 4.52 Å². The third-order valence-electron chi connectivity index (χ3n) is 1.96. The molecule has 0 bridgehead atoms. The number of alkyl halides is 4. The Morgan fingerprint density at radius 2 is 2.11 bits per heavy atom. The summed E-state index contributed by atoms with van der Waals surface area (Å²) in [6.07, 6.45) is -7.04. The fraction of sp³-hybridized carbons (Fsp3) is 0.667. The van der Waals surface area contributed by atoms with Gasteiger partial charge in [-0.1, -0.05) is 6.92 Å². The molecule has 0 saturated heterocycles. The Morgan fingerprint density at radius 1 is 1.47 bits per heavy atom. The van der Waals surface area contributed by atoms with E-state index in [0.29, 0.717) is 0 Å². The molecular weight excluding hydrogens is 309 g/mol. The Labute approximate surface area is 111 Å². The van der Waals surface area contributed by atoms with Gasteiger partial charge >= 0.3 is 13.8 Å². The van der Waals surface area contributed by atoms with E-state index < -0.39 is 30.8 Å². The van der Waals surface area contributed by atoms with E-state index in [4.69, 9.17) is 4.52 Å². The van der Waals surface area contributed by atoms with Crippen LogP contribution in [0.2, 0.25) is 0 Å². The lowest BCUT2D eigenvalue weighted by atomic mass is 10.5. The van der Waals surface area contributed by atoms with Crippen LogP contribution < -0.4 is 0 Å². The van der Waals surface area contributed by atoms with Gasteiger partial charge in [0.05, 0.1) is 6.61 Å². The van der Waals surface area contributed by atoms with Crippen LogP contribution in [0.5, 0.6) is 0 Å². The van der Waals surface area contributed by atoms with Crippen LogP contribution in [0.3, 0.4) is 0 Å². The molecule has 1 rings (SSSR count). The Hall–Kier alpha value is -0.500. The van der Waals surface area contributed by atoms with Crippen LogP contribution in [0.4, 0.5) is 17.6 Å². The number of aromatic nitrogens is 1. The quantitative estimate of drug-likeness (QED) is 0.576. The first-order valence-corrected chi connectivity index (χ1v) is 7.91. The highest BCUT2D eigenvalue weighted by Gasteiger charge is 2.36. The minimum absolute atomic E-state index is 0.0443. The zero-order chi connectivity index (χ0) is 14.7. The van der Waals surface area contributed by atoms with Crippen LogP contribution in [0.25, 0.3) is 0 Å². The van der Waals surface area contributed by atoms with Crippen molar-refractivity contribution in [2.45, 2.75) is 26.4 Å². The van der Waals surface area contributed by atoms with Crippen molar-refractivity contribution in [1.82, 2.24) is 4.98 Å². The predicted molar refractivity (Wildman–Crippen MR) is 61.8 cm³/mol. The van der Waals surface area contributed by atoms with E-state index in [2.05, 4.69) is 9.51 Å². The van der Waals surface area contributed by atoms with Crippen molar-refractivity contribution in [2.75, 3.05) is 12.8 Å². The summed E-state index contributed by atoms with van der Waals surface area (Å²) in [5.41, 5.74) is -0.564. The highest BCUT2D eigenvalue weighted by molar-refractivity contribution is 7.53. The van der Waals surface area contributed by atoms with Crippen LogP contribution in [-0.4, -0.2) is 17.8 Å². The maximum atomic E-state index is 13.6. The number of hydrogen-bond acceptors (Lipinski definition) is 5. The molecule has 1 aromatic heterocycles.